The Labute approximate surface area is 184 Å². The molecule has 0 spiro atoms. The van der Waals surface area contributed by atoms with Crippen LogP contribution in [0, 0.1) is 11.3 Å². The second-order valence-corrected chi connectivity index (χ2v) is 8.61. The lowest BCUT2D eigenvalue weighted by Gasteiger charge is -2.10. The Bertz CT molecular complexity index is 1070. The van der Waals surface area contributed by atoms with Crippen molar-refractivity contribution in [2.45, 2.75) is 39.2 Å². The van der Waals surface area contributed by atoms with Crippen molar-refractivity contribution >= 4 is 5.97 Å². The molecule has 1 heterocycles. The summed E-state index contributed by atoms with van der Waals surface area (Å²) in [6, 6.07) is 16.5. The average molecular weight is 443 g/mol. The first-order chi connectivity index (χ1) is 15.2. The van der Waals surface area contributed by atoms with Crippen LogP contribution in [0.1, 0.15) is 36.2 Å². The van der Waals surface area contributed by atoms with Crippen molar-refractivity contribution in [2.75, 3.05) is 0 Å². The Kier molecular flexibility index (Phi) is 5.75. The summed E-state index contributed by atoms with van der Waals surface area (Å²) in [6.07, 6.45) is -2.31. The van der Waals surface area contributed by atoms with Gasteiger partial charge in [-0.05, 0) is 47.9 Å². The van der Waals surface area contributed by atoms with E-state index in [0.29, 0.717) is 5.75 Å². The molecule has 1 aliphatic rings. The molecule has 1 N–H and O–H groups in total. The van der Waals surface area contributed by atoms with Gasteiger partial charge < -0.3 is 14.5 Å². The van der Waals surface area contributed by atoms with Crippen LogP contribution < -0.4 is 4.74 Å². The Balaban J connectivity index is 1.35. The fourth-order valence-corrected chi connectivity index (χ4v) is 3.89. The summed E-state index contributed by atoms with van der Waals surface area (Å²) in [5, 5.41) is 0. The van der Waals surface area contributed by atoms with Gasteiger partial charge >= 0.3 is 12.1 Å². The number of aromatic amines is 1. The van der Waals surface area contributed by atoms with Crippen LogP contribution in [0.2, 0.25) is 0 Å². The third-order valence-electron chi connectivity index (χ3n) is 5.95. The Morgan fingerprint density at radius 2 is 1.72 bits per heavy atom. The standard InChI is InChI=1S/C25H24F3NO3/c1-24(2)21(22(24)32-19-10-8-18(9-11-19)25(26,27)28)23(30)31-15-20-17(12-13-29-20)14-16-6-4-3-5-7-16/h3-13,21-22,29H,14-15H2,1-2H3. The average Bonchev–Trinajstić information content (AvgIpc) is 3.06. The fourth-order valence-electron chi connectivity index (χ4n) is 3.89. The molecule has 4 rings (SSSR count). The van der Waals surface area contributed by atoms with Crippen LogP contribution in [0.25, 0.3) is 0 Å². The molecule has 2 aromatic carbocycles. The molecule has 0 bridgehead atoms. The molecule has 168 valence electrons. The van der Waals surface area contributed by atoms with Gasteiger partial charge in [0.1, 0.15) is 24.4 Å². The molecule has 0 radical (unpaired) electrons. The van der Waals surface area contributed by atoms with Gasteiger partial charge in [0.2, 0.25) is 0 Å². The van der Waals surface area contributed by atoms with E-state index in [1.165, 1.54) is 12.1 Å². The van der Waals surface area contributed by atoms with Gasteiger partial charge in [-0.1, -0.05) is 44.2 Å². The van der Waals surface area contributed by atoms with Crippen molar-refractivity contribution in [3.8, 4) is 5.75 Å². The summed E-state index contributed by atoms with van der Waals surface area (Å²) in [5.74, 6) is -0.578. The van der Waals surface area contributed by atoms with Gasteiger partial charge in [0.05, 0.1) is 11.3 Å². The van der Waals surface area contributed by atoms with Crippen molar-refractivity contribution < 1.29 is 27.4 Å². The number of alkyl halides is 3. The summed E-state index contributed by atoms with van der Waals surface area (Å²) in [7, 11) is 0. The van der Waals surface area contributed by atoms with Crippen LogP contribution in [-0.4, -0.2) is 17.1 Å². The number of H-pyrrole nitrogens is 1. The number of aromatic nitrogens is 1. The maximum absolute atomic E-state index is 12.7. The number of carbonyl (C=O) groups excluding carboxylic acids is 1. The molecule has 2 unspecified atom stereocenters. The third kappa shape index (κ3) is 4.66. The molecule has 3 aromatic rings. The summed E-state index contributed by atoms with van der Waals surface area (Å²) >= 11 is 0. The summed E-state index contributed by atoms with van der Waals surface area (Å²) < 4.78 is 49.6. The maximum Gasteiger partial charge on any atom is 0.416 e. The number of rotatable bonds is 7. The van der Waals surface area contributed by atoms with Crippen LogP contribution in [0.4, 0.5) is 13.2 Å². The number of hydrogen-bond donors (Lipinski definition) is 1. The van der Waals surface area contributed by atoms with Crippen molar-refractivity contribution in [1.82, 2.24) is 4.98 Å². The second-order valence-electron chi connectivity index (χ2n) is 8.61. The van der Waals surface area contributed by atoms with Gasteiger partial charge in [-0.2, -0.15) is 13.2 Å². The number of halogens is 3. The van der Waals surface area contributed by atoms with Crippen molar-refractivity contribution in [3.05, 3.63) is 89.2 Å². The smallest absolute Gasteiger partial charge is 0.416 e. The van der Waals surface area contributed by atoms with Crippen LogP contribution in [-0.2, 0) is 28.7 Å². The lowest BCUT2D eigenvalue weighted by molar-refractivity contribution is -0.148. The highest BCUT2D eigenvalue weighted by Crippen LogP contribution is 2.54. The van der Waals surface area contributed by atoms with Gasteiger partial charge in [0.25, 0.3) is 0 Å². The minimum atomic E-state index is -4.40. The Hall–Kier alpha value is -3.22. The molecule has 4 nitrogen and oxygen atoms in total. The van der Waals surface area contributed by atoms with Gasteiger partial charge in [0, 0.05) is 11.6 Å². The monoisotopic (exact) mass is 443 g/mol. The molecule has 1 fully saturated rings. The normalized spacial score (nSPS) is 19.4. The predicted octanol–water partition coefficient (Wildman–Crippen LogP) is 5.77. The minimum absolute atomic E-state index is 0.119. The SMILES string of the molecule is CC1(C)C(Oc2ccc(C(F)(F)F)cc2)C1C(=O)OCc1[nH]ccc1Cc1ccccc1. The highest BCUT2D eigenvalue weighted by atomic mass is 19.4. The molecule has 0 saturated heterocycles. The molecule has 0 aliphatic heterocycles. The zero-order valence-electron chi connectivity index (χ0n) is 17.8. The highest BCUT2D eigenvalue weighted by Gasteiger charge is 2.65. The lowest BCUT2D eigenvalue weighted by atomic mass is 10.1. The number of benzene rings is 2. The first kappa shape index (κ1) is 22.0. The maximum atomic E-state index is 12.7. The van der Waals surface area contributed by atoms with Gasteiger partial charge in [-0.25, -0.2) is 0 Å². The van der Waals surface area contributed by atoms with Gasteiger partial charge in [-0.15, -0.1) is 0 Å². The molecule has 1 aliphatic carbocycles. The number of esters is 1. The number of carbonyl (C=O) groups is 1. The van der Waals surface area contributed by atoms with Crippen molar-refractivity contribution in [3.63, 3.8) is 0 Å². The quantitative estimate of drug-likeness (QED) is 0.472. The van der Waals surface area contributed by atoms with Crippen LogP contribution >= 0.6 is 0 Å². The van der Waals surface area contributed by atoms with Crippen LogP contribution in [0.3, 0.4) is 0 Å². The molecule has 2 atom stereocenters. The molecule has 7 heteroatoms. The minimum Gasteiger partial charge on any atom is -0.489 e. The van der Waals surface area contributed by atoms with E-state index < -0.39 is 29.2 Å². The topological polar surface area (TPSA) is 51.3 Å². The molecular weight excluding hydrogens is 419 g/mol. The molecule has 32 heavy (non-hydrogen) atoms. The van der Waals surface area contributed by atoms with Crippen molar-refractivity contribution in [2.24, 2.45) is 11.3 Å². The summed E-state index contributed by atoms with van der Waals surface area (Å²) in [6.45, 7) is 3.87. The number of nitrogens with one attached hydrogen (secondary N) is 1. The number of hydrogen-bond acceptors (Lipinski definition) is 3. The van der Waals surface area contributed by atoms with E-state index in [-0.39, 0.29) is 12.6 Å². The zero-order chi connectivity index (χ0) is 22.9. The van der Waals surface area contributed by atoms with E-state index in [1.54, 1.807) is 0 Å². The zero-order valence-corrected chi connectivity index (χ0v) is 17.8. The molecule has 1 saturated carbocycles. The first-order valence-electron chi connectivity index (χ1n) is 10.4. The third-order valence-corrected chi connectivity index (χ3v) is 5.95. The van der Waals surface area contributed by atoms with E-state index in [0.717, 1.165) is 35.4 Å². The van der Waals surface area contributed by atoms with Crippen LogP contribution in [0.5, 0.6) is 5.75 Å². The van der Waals surface area contributed by atoms with Gasteiger partial charge in [-0.3, -0.25) is 4.79 Å². The van der Waals surface area contributed by atoms with Crippen molar-refractivity contribution in [1.29, 1.82) is 0 Å². The highest BCUT2D eigenvalue weighted by molar-refractivity contribution is 5.78. The first-order valence-corrected chi connectivity index (χ1v) is 10.4. The second kappa shape index (κ2) is 8.37. The van der Waals surface area contributed by atoms with E-state index in [9.17, 15) is 18.0 Å². The van der Waals surface area contributed by atoms with Gasteiger partial charge in [0.15, 0.2) is 0 Å². The summed E-state index contributed by atoms with van der Waals surface area (Å²) in [4.78, 5) is 15.8. The van der Waals surface area contributed by atoms with Crippen LogP contribution in [0.15, 0.2) is 66.9 Å². The van der Waals surface area contributed by atoms with E-state index in [4.69, 9.17) is 9.47 Å². The molecule has 0 amide bonds. The van der Waals surface area contributed by atoms with E-state index >= 15 is 0 Å². The van der Waals surface area contributed by atoms with E-state index in [1.807, 2.05) is 56.4 Å². The number of ether oxygens (including phenoxy) is 2. The Morgan fingerprint density at radius 1 is 1.03 bits per heavy atom. The molecule has 1 aromatic heterocycles. The lowest BCUT2D eigenvalue weighted by Crippen LogP contribution is -2.13. The largest absolute Gasteiger partial charge is 0.489 e. The Morgan fingerprint density at radius 3 is 2.38 bits per heavy atom. The predicted molar refractivity (Wildman–Crippen MR) is 113 cm³/mol. The molecular formula is C25H24F3NO3. The summed E-state index contributed by atoms with van der Waals surface area (Å²) in [5.41, 5.74) is 1.83. The van der Waals surface area contributed by atoms with E-state index in [2.05, 4.69) is 4.98 Å². The fraction of sp³-hybridized carbons (Fsp3) is 0.320.